The number of fused-ring (bicyclic) bond motifs is 7. The van der Waals surface area contributed by atoms with Crippen LogP contribution in [0.3, 0.4) is 0 Å². The molecule has 0 aliphatic carbocycles. The van der Waals surface area contributed by atoms with Gasteiger partial charge >= 0.3 is 0 Å². The molecule has 7 aliphatic heterocycles. The standard InChI is InChI=1S/C40H60O13/c1-19-11-26-7-9-29-20(2)12-25(48-29)6-5-22(42)15-33-35(45)39-40(53-33)36(46)38-30(52-39)10-8-27(50-38)13-23(43)14-28-32(17-31(49-26)21(19)3)51-34(37(28)47-4)16-24(44)18-41/h19,24-41,44-46H,2-3,5-18H2,1,4H3/t19-,24?,25?,26?,27?,28?,29?,30?,31?,32+,33-,34?,35?,36?,37-,38+,39?,40?/m1/s1. The molecule has 8 bridgehead atoms. The Bertz CT molecular complexity index is 1340. The van der Waals surface area contributed by atoms with Gasteiger partial charge in [0.25, 0.3) is 0 Å². The summed E-state index contributed by atoms with van der Waals surface area (Å²) in [7, 11) is 1.58. The molecule has 4 N–H and O–H groups in total. The lowest BCUT2D eigenvalue weighted by atomic mass is 9.81. The van der Waals surface area contributed by atoms with E-state index >= 15 is 0 Å². The lowest BCUT2D eigenvalue weighted by Gasteiger charge is -2.46. The second-order valence-electron chi connectivity index (χ2n) is 16.8. The molecule has 0 aromatic carbocycles. The number of hydrogen-bond acceptors (Lipinski definition) is 13. The first-order valence-corrected chi connectivity index (χ1v) is 19.9. The van der Waals surface area contributed by atoms with Crippen molar-refractivity contribution >= 4 is 11.6 Å². The molecule has 13 nitrogen and oxygen atoms in total. The Morgan fingerprint density at radius 2 is 1.45 bits per heavy atom. The Balaban J connectivity index is 1.11. The van der Waals surface area contributed by atoms with Gasteiger partial charge in [-0.2, -0.15) is 0 Å². The van der Waals surface area contributed by atoms with Crippen LogP contribution in [-0.2, 0) is 42.7 Å². The van der Waals surface area contributed by atoms with Gasteiger partial charge in [0, 0.05) is 51.6 Å². The Kier molecular flexibility index (Phi) is 12.6. The zero-order chi connectivity index (χ0) is 37.6. The molecular formula is C40H60O13. The highest BCUT2D eigenvalue weighted by atomic mass is 16.6. The number of hydrogen-bond donors (Lipinski definition) is 4. The highest BCUT2D eigenvalue weighted by molar-refractivity contribution is 5.79. The average molecular weight is 749 g/mol. The molecule has 18 atom stereocenters. The number of aliphatic hydroxyl groups excluding tert-OH is 4. The Labute approximate surface area is 312 Å². The van der Waals surface area contributed by atoms with Gasteiger partial charge in [0.15, 0.2) is 0 Å². The van der Waals surface area contributed by atoms with Gasteiger partial charge in [-0.25, -0.2) is 0 Å². The molecule has 7 fully saturated rings. The summed E-state index contributed by atoms with van der Waals surface area (Å²) in [4.78, 5) is 27.0. The lowest BCUT2D eigenvalue weighted by Crippen LogP contribution is -2.61. The van der Waals surface area contributed by atoms with Crippen molar-refractivity contribution in [2.45, 2.75) is 188 Å². The summed E-state index contributed by atoms with van der Waals surface area (Å²) in [6, 6.07) is 0. The summed E-state index contributed by atoms with van der Waals surface area (Å²) in [5, 5.41) is 42.6. The molecule has 13 unspecified atom stereocenters. The minimum absolute atomic E-state index is 0.00643. The van der Waals surface area contributed by atoms with Crippen LogP contribution in [-0.4, -0.2) is 143 Å². The fourth-order valence-corrected chi connectivity index (χ4v) is 10.1. The number of methoxy groups -OCH3 is 1. The van der Waals surface area contributed by atoms with E-state index in [-0.39, 0.29) is 79.9 Å². The Hall–Kier alpha value is -1.62. The number of rotatable bonds is 4. The van der Waals surface area contributed by atoms with Crippen LogP contribution in [0.25, 0.3) is 0 Å². The first kappa shape index (κ1) is 39.6. The van der Waals surface area contributed by atoms with Gasteiger partial charge in [0.2, 0.25) is 0 Å². The summed E-state index contributed by atoms with van der Waals surface area (Å²) in [5.41, 5.74) is 2.00. The van der Waals surface area contributed by atoms with Gasteiger partial charge in [0.05, 0.1) is 73.8 Å². The molecule has 7 heterocycles. The fourth-order valence-electron chi connectivity index (χ4n) is 10.1. The van der Waals surface area contributed by atoms with Gasteiger partial charge < -0.3 is 53.6 Å². The molecule has 53 heavy (non-hydrogen) atoms. The maximum Gasteiger partial charge on any atom is 0.135 e. The molecule has 0 radical (unpaired) electrons. The molecular weight excluding hydrogens is 688 g/mol. The van der Waals surface area contributed by atoms with Crippen LogP contribution in [0.2, 0.25) is 0 Å². The number of Topliss-reactive ketones (excluding diaryl/α,β-unsaturated/α-hetero) is 2. The molecule has 13 heteroatoms. The second kappa shape index (κ2) is 16.9. The zero-order valence-corrected chi connectivity index (χ0v) is 31.2. The number of carbonyl (C=O) groups is 2. The van der Waals surface area contributed by atoms with Gasteiger partial charge in [-0.1, -0.05) is 20.1 Å². The SMILES string of the molecule is C=C1CC2CCC(=O)C[C@H]3OC4C(OC5CCC(CC(=O)CC6[C@@H](OC)C(CC(O)CO)O[C@H]6CC6OC(CCC1O2)C[C@@H](C)C6=C)O[C@@H]5C4O)C3O. The van der Waals surface area contributed by atoms with Crippen molar-refractivity contribution in [3.05, 3.63) is 24.3 Å². The van der Waals surface area contributed by atoms with Crippen LogP contribution in [0.15, 0.2) is 24.3 Å². The van der Waals surface area contributed by atoms with Gasteiger partial charge in [-0.05, 0) is 62.0 Å². The third-order valence-electron chi connectivity index (χ3n) is 13.1. The predicted molar refractivity (Wildman–Crippen MR) is 189 cm³/mol. The highest BCUT2D eigenvalue weighted by Crippen LogP contribution is 2.43. The van der Waals surface area contributed by atoms with E-state index in [9.17, 15) is 30.0 Å². The number of ketones is 2. The van der Waals surface area contributed by atoms with Crippen LogP contribution in [0.5, 0.6) is 0 Å². The Morgan fingerprint density at radius 1 is 0.736 bits per heavy atom. The molecule has 0 aromatic rings. The third kappa shape index (κ3) is 8.56. The van der Waals surface area contributed by atoms with Gasteiger partial charge in [0.1, 0.15) is 42.1 Å². The van der Waals surface area contributed by atoms with Crippen molar-refractivity contribution in [2.75, 3.05) is 13.7 Å². The van der Waals surface area contributed by atoms with Crippen LogP contribution in [0.1, 0.15) is 90.4 Å². The normalized spacial score (nSPS) is 47.7. The van der Waals surface area contributed by atoms with Crippen molar-refractivity contribution in [2.24, 2.45) is 11.8 Å². The van der Waals surface area contributed by atoms with E-state index in [0.29, 0.717) is 32.1 Å². The minimum Gasteiger partial charge on any atom is -0.394 e. The van der Waals surface area contributed by atoms with Gasteiger partial charge in [-0.3, -0.25) is 9.59 Å². The summed E-state index contributed by atoms with van der Waals surface area (Å²) in [6.45, 7) is 10.4. The molecule has 0 amide bonds. The summed E-state index contributed by atoms with van der Waals surface area (Å²) < 4.78 is 44.3. The summed E-state index contributed by atoms with van der Waals surface area (Å²) >= 11 is 0. The van der Waals surface area contributed by atoms with E-state index < -0.39 is 79.9 Å². The molecule has 298 valence electrons. The van der Waals surface area contributed by atoms with E-state index in [0.717, 1.165) is 30.4 Å². The largest absolute Gasteiger partial charge is 0.394 e. The second-order valence-corrected chi connectivity index (χ2v) is 16.8. The predicted octanol–water partition coefficient (Wildman–Crippen LogP) is 2.27. The number of aliphatic hydroxyl groups is 4. The van der Waals surface area contributed by atoms with Crippen LogP contribution in [0, 0.1) is 11.8 Å². The molecule has 7 rings (SSSR count). The molecule has 0 aromatic heterocycles. The molecule has 0 spiro atoms. The maximum atomic E-state index is 13.9. The Morgan fingerprint density at radius 3 is 2.23 bits per heavy atom. The number of ether oxygens (including phenoxy) is 7. The fraction of sp³-hybridized carbons (Fsp3) is 0.850. The smallest absolute Gasteiger partial charge is 0.135 e. The average Bonchev–Trinajstić information content (AvgIpc) is 3.76. The van der Waals surface area contributed by atoms with Gasteiger partial charge in [-0.15, -0.1) is 0 Å². The van der Waals surface area contributed by atoms with E-state index in [1.807, 2.05) is 0 Å². The molecule has 7 saturated heterocycles. The van der Waals surface area contributed by atoms with Crippen molar-refractivity contribution in [3.8, 4) is 0 Å². The first-order chi connectivity index (χ1) is 25.4. The van der Waals surface area contributed by atoms with E-state index in [2.05, 4.69) is 20.1 Å². The van der Waals surface area contributed by atoms with E-state index in [4.69, 9.17) is 33.2 Å². The van der Waals surface area contributed by atoms with E-state index in [1.165, 1.54) is 0 Å². The summed E-state index contributed by atoms with van der Waals surface area (Å²) in [6.07, 6.45) is -3.55. The summed E-state index contributed by atoms with van der Waals surface area (Å²) in [5.74, 6) is -0.221. The van der Waals surface area contributed by atoms with Crippen LogP contribution >= 0.6 is 0 Å². The monoisotopic (exact) mass is 748 g/mol. The van der Waals surface area contributed by atoms with Crippen LogP contribution < -0.4 is 0 Å². The lowest BCUT2D eigenvalue weighted by molar-refractivity contribution is -0.259. The van der Waals surface area contributed by atoms with E-state index in [1.54, 1.807) is 7.11 Å². The first-order valence-electron chi connectivity index (χ1n) is 19.9. The maximum absolute atomic E-state index is 13.9. The van der Waals surface area contributed by atoms with Crippen molar-refractivity contribution in [1.29, 1.82) is 0 Å². The topological polar surface area (TPSA) is 180 Å². The van der Waals surface area contributed by atoms with Crippen molar-refractivity contribution < 1.29 is 63.2 Å². The molecule has 0 saturated carbocycles. The van der Waals surface area contributed by atoms with Crippen molar-refractivity contribution in [1.82, 2.24) is 0 Å². The number of carbonyl (C=O) groups excluding carboxylic acids is 2. The zero-order valence-electron chi connectivity index (χ0n) is 31.2. The third-order valence-corrected chi connectivity index (χ3v) is 13.1. The highest BCUT2D eigenvalue weighted by Gasteiger charge is 2.57. The van der Waals surface area contributed by atoms with Crippen LogP contribution in [0.4, 0.5) is 0 Å². The minimum atomic E-state index is -1.10. The molecule has 7 aliphatic rings. The van der Waals surface area contributed by atoms with Crippen molar-refractivity contribution in [3.63, 3.8) is 0 Å². The quantitative estimate of drug-likeness (QED) is 0.308.